The summed E-state index contributed by atoms with van der Waals surface area (Å²) in [6.07, 6.45) is 2.03. The van der Waals surface area contributed by atoms with Crippen LogP contribution in [0, 0.1) is 6.92 Å². The SMILES string of the molecule is Cc1nnsc1C(=O)N1CCC[C@H]1C[C@H](O)c1cccs1. The van der Waals surface area contributed by atoms with Gasteiger partial charge in [0.2, 0.25) is 0 Å². The van der Waals surface area contributed by atoms with Crippen molar-refractivity contribution in [1.29, 1.82) is 0 Å². The molecule has 0 bridgehead atoms. The molecule has 0 aliphatic carbocycles. The Hall–Kier alpha value is -1.31. The summed E-state index contributed by atoms with van der Waals surface area (Å²) in [6, 6.07) is 3.97. The number of carbonyl (C=O) groups excluding carboxylic acids is 1. The summed E-state index contributed by atoms with van der Waals surface area (Å²) in [7, 11) is 0. The lowest BCUT2D eigenvalue weighted by atomic mass is 10.1. The molecule has 5 nitrogen and oxygen atoms in total. The first-order chi connectivity index (χ1) is 10.2. The van der Waals surface area contributed by atoms with Crippen molar-refractivity contribution in [2.24, 2.45) is 0 Å². The van der Waals surface area contributed by atoms with Crippen LogP contribution in [0.4, 0.5) is 0 Å². The van der Waals surface area contributed by atoms with Crippen LogP contribution in [0.5, 0.6) is 0 Å². The number of hydrogen-bond acceptors (Lipinski definition) is 6. The van der Waals surface area contributed by atoms with Crippen LogP contribution in [-0.2, 0) is 0 Å². The monoisotopic (exact) mass is 323 g/mol. The van der Waals surface area contributed by atoms with Gasteiger partial charge in [0.15, 0.2) is 0 Å². The molecule has 1 fully saturated rings. The largest absolute Gasteiger partial charge is 0.387 e. The highest BCUT2D eigenvalue weighted by Crippen LogP contribution is 2.30. The molecule has 1 aliphatic rings. The van der Waals surface area contributed by atoms with E-state index in [1.165, 1.54) is 0 Å². The van der Waals surface area contributed by atoms with Crippen molar-refractivity contribution in [3.63, 3.8) is 0 Å². The van der Waals surface area contributed by atoms with Gasteiger partial charge in [-0.1, -0.05) is 10.6 Å². The van der Waals surface area contributed by atoms with E-state index in [-0.39, 0.29) is 11.9 Å². The predicted molar refractivity (Wildman–Crippen MR) is 82.6 cm³/mol. The van der Waals surface area contributed by atoms with Crippen LogP contribution in [0.25, 0.3) is 0 Å². The van der Waals surface area contributed by atoms with Gasteiger partial charge in [-0.25, -0.2) is 0 Å². The lowest BCUT2D eigenvalue weighted by molar-refractivity contribution is 0.0674. The van der Waals surface area contributed by atoms with Crippen LogP contribution in [0.3, 0.4) is 0 Å². The molecule has 2 aromatic rings. The first-order valence-corrected chi connectivity index (χ1v) is 8.63. The number of aromatic nitrogens is 2. The summed E-state index contributed by atoms with van der Waals surface area (Å²) in [5, 5.41) is 16.2. The van der Waals surface area contributed by atoms with Crippen LogP contribution in [0.1, 0.15) is 45.6 Å². The molecule has 0 radical (unpaired) electrons. The Bertz CT molecular complexity index is 612. The highest BCUT2D eigenvalue weighted by Gasteiger charge is 2.33. The Balaban J connectivity index is 1.71. The van der Waals surface area contributed by atoms with Crippen molar-refractivity contribution in [3.8, 4) is 0 Å². The third kappa shape index (κ3) is 3.00. The number of amides is 1. The number of nitrogens with zero attached hydrogens (tertiary/aromatic N) is 3. The molecule has 0 unspecified atom stereocenters. The molecule has 1 aliphatic heterocycles. The van der Waals surface area contributed by atoms with Crippen molar-refractivity contribution in [2.75, 3.05) is 6.54 Å². The summed E-state index contributed by atoms with van der Waals surface area (Å²) in [6.45, 7) is 2.56. The molecule has 3 rings (SSSR count). The van der Waals surface area contributed by atoms with Gasteiger partial charge in [-0.3, -0.25) is 4.79 Å². The smallest absolute Gasteiger partial charge is 0.267 e. The van der Waals surface area contributed by atoms with Crippen LogP contribution in [0.2, 0.25) is 0 Å². The maximum Gasteiger partial charge on any atom is 0.267 e. The molecular weight excluding hydrogens is 306 g/mol. The van der Waals surface area contributed by atoms with E-state index in [9.17, 15) is 9.90 Å². The molecule has 0 spiro atoms. The molecule has 2 atom stereocenters. The van der Waals surface area contributed by atoms with Crippen molar-refractivity contribution >= 4 is 28.8 Å². The van der Waals surface area contributed by atoms with Crippen LogP contribution in [0.15, 0.2) is 17.5 Å². The maximum atomic E-state index is 12.6. The van der Waals surface area contributed by atoms with E-state index in [2.05, 4.69) is 9.59 Å². The summed E-state index contributed by atoms with van der Waals surface area (Å²) in [5.74, 6) is 0.00313. The number of thiophene rings is 1. The highest BCUT2D eigenvalue weighted by atomic mass is 32.1. The van der Waals surface area contributed by atoms with Crippen molar-refractivity contribution in [1.82, 2.24) is 14.5 Å². The van der Waals surface area contributed by atoms with E-state index in [1.54, 1.807) is 11.3 Å². The van der Waals surface area contributed by atoms with Gasteiger partial charge in [0, 0.05) is 17.5 Å². The average Bonchev–Trinajstić information content (AvgIpc) is 3.19. The van der Waals surface area contributed by atoms with Crippen molar-refractivity contribution in [2.45, 2.75) is 38.3 Å². The Labute approximate surface area is 131 Å². The fourth-order valence-electron chi connectivity index (χ4n) is 2.76. The number of likely N-dealkylation sites (tertiary alicyclic amines) is 1. The number of aliphatic hydroxyl groups excluding tert-OH is 1. The standard InChI is InChI=1S/C14H17N3O2S2/c1-9-13(21-16-15-9)14(19)17-6-2-4-10(17)8-11(18)12-5-3-7-20-12/h3,5,7,10-11,18H,2,4,6,8H2,1H3/t10-,11-/m0/s1. The van der Waals surface area contributed by atoms with E-state index in [1.807, 2.05) is 29.3 Å². The Morgan fingerprint density at radius 3 is 3.14 bits per heavy atom. The summed E-state index contributed by atoms with van der Waals surface area (Å²) in [5.41, 5.74) is 0.689. The lowest BCUT2D eigenvalue weighted by Crippen LogP contribution is -2.36. The van der Waals surface area contributed by atoms with Gasteiger partial charge in [0.25, 0.3) is 5.91 Å². The van der Waals surface area contributed by atoms with Gasteiger partial charge in [-0.05, 0) is 49.2 Å². The molecule has 3 heterocycles. The zero-order chi connectivity index (χ0) is 14.8. The highest BCUT2D eigenvalue weighted by molar-refractivity contribution is 7.10. The lowest BCUT2D eigenvalue weighted by Gasteiger charge is -2.25. The second-order valence-electron chi connectivity index (χ2n) is 5.25. The number of aryl methyl sites for hydroxylation is 1. The van der Waals surface area contributed by atoms with Crippen molar-refractivity contribution in [3.05, 3.63) is 33.0 Å². The third-order valence-electron chi connectivity index (χ3n) is 3.85. The molecular formula is C14H17N3O2S2. The summed E-state index contributed by atoms with van der Waals surface area (Å²) in [4.78, 5) is 16.0. The minimum Gasteiger partial charge on any atom is -0.387 e. The minimum atomic E-state index is -0.496. The predicted octanol–water partition coefficient (Wildman–Crippen LogP) is 2.64. The maximum absolute atomic E-state index is 12.6. The normalized spacial score (nSPS) is 19.9. The van der Waals surface area contributed by atoms with E-state index >= 15 is 0 Å². The van der Waals surface area contributed by atoms with Gasteiger partial charge in [-0.2, -0.15) is 0 Å². The van der Waals surface area contributed by atoms with E-state index in [0.717, 1.165) is 35.8 Å². The van der Waals surface area contributed by atoms with E-state index in [0.29, 0.717) is 17.0 Å². The number of aliphatic hydroxyl groups is 1. The quantitative estimate of drug-likeness (QED) is 0.939. The second-order valence-corrected chi connectivity index (χ2v) is 6.98. The van der Waals surface area contributed by atoms with E-state index < -0.39 is 6.10 Å². The van der Waals surface area contributed by atoms with Gasteiger partial charge in [0.05, 0.1) is 11.8 Å². The fraction of sp³-hybridized carbons (Fsp3) is 0.500. The number of hydrogen-bond donors (Lipinski definition) is 1. The first kappa shape index (κ1) is 14.6. The molecule has 1 saturated heterocycles. The van der Waals surface area contributed by atoms with Crippen LogP contribution < -0.4 is 0 Å². The zero-order valence-electron chi connectivity index (χ0n) is 11.7. The number of rotatable bonds is 4. The molecule has 112 valence electrons. The van der Waals surface area contributed by atoms with Gasteiger partial charge in [-0.15, -0.1) is 16.4 Å². The molecule has 0 saturated carbocycles. The molecule has 21 heavy (non-hydrogen) atoms. The Morgan fingerprint density at radius 1 is 1.62 bits per heavy atom. The third-order valence-corrected chi connectivity index (χ3v) is 5.64. The van der Waals surface area contributed by atoms with Crippen LogP contribution >= 0.6 is 22.9 Å². The average molecular weight is 323 g/mol. The minimum absolute atomic E-state index is 0.00313. The summed E-state index contributed by atoms with van der Waals surface area (Å²) < 4.78 is 3.84. The molecule has 1 N–H and O–H groups in total. The molecule has 0 aromatic carbocycles. The molecule has 7 heteroatoms. The summed E-state index contributed by atoms with van der Waals surface area (Å²) >= 11 is 2.70. The van der Waals surface area contributed by atoms with Crippen LogP contribution in [-0.4, -0.2) is 38.1 Å². The van der Waals surface area contributed by atoms with Crippen molar-refractivity contribution < 1.29 is 9.90 Å². The van der Waals surface area contributed by atoms with Gasteiger partial charge < -0.3 is 10.0 Å². The van der Waals surface area contributed by atoms with E-state index in [4.69, 9.17) is 0 Å². The molecule has 2 aromatic heterocycles. The second kappa shape index (κ2) is 6.21. The van der Waals surface area contributed by atoms with Gasteiger partial charge >= 0.3 is 0 Å². The first-order valence-electron chi connectivity index (χ1n) is 6.98. The fourth-order valence-corrected chi connectivity index (χ4v) is 4.10. The zero-order valence-corrected chi connectivity index (χ0v) is 13.4. The topological polar surface area (TPSA) is 66.3 Å². The Kier molecular flexibility index (Phi) is 4.32. The number of carbonyl (C=O) groups is 1. The van der Waals surface area contributed by atoms with Gasteiger partial charge in [0.1, 0.15) is 4.88 Å². The molecule has 1 amide bonds. The Morgan fingerprint density at radius 2 is 2.48 bits per heavy atom.